The highest BCUT2D eigenvalue weighted by Gasteiger charge is 2.31. The molecular formula is C14H9ClF3NO2. The highest BCUT2D eigenvalue weighted by atomic mass is 35.5. The number of hydrogen-bond donors (Lipinski definition) is 0. The third-order valence-corrected chi connectivity index (χ3v) is 2.93. The van der Waals surface area contributed by atoms with Crippen LogP contribution >= 0.6 is 11.6 Å². The second-order valence-electron chi connectivity index (χ2n) is 4.12. The van der Waals surface area contributed by atoms with Crippen molar-refractivity contribution < 1.29 is 22.7 Å². The largest absolute Gasteiger partial charge is 0.465 e. The molecule has 2 rings (SSSR count). The second-order valence-corrected chi connectivity index (χ2v) is 4.56. The molecule has 0 N–H and O–H groups in total. The van der Waals surface area contributed by atoms with Gasteiger partial charge in [-0.2, -0.15) is 13.2 Å². The van der Waals surface area contributed by atoms with Crippen molar-refractivity contribution in [3.05, 3.63) is 52.7 Å². The van der Waals surface area contributed by atoms with Gasteiger partial charge < -0.3 is 4.74 Å². The van der Waals surface area contributed by atoms with E-state index in [4.69, 9.17) is 11.6 Å². The summed E-state index contributed by atoms with van der Waals surface area (Å²) in [5, 5.41) is 0.186. The summed E-state index contributed by atoms with van der Waals surface area (Å²) in [5.41, 5.74) is -0.587. The monoisotopic (exact) mass is 315 g/mol. The fraction of sp³-hybridized carbons (Fsp3) is 0.143. The number of methoxy groups -OCH3 is 1. The van der Waals surface area contributed by atoms with E-state index in [2.05, 4.69) is 9.72 Å². The van der Waals surface area contributed by atoms with E-state index in [1.807, 2.05) is 0 Å². The maximum Gasteiger partial charge on any atom is 0.416 e. The lowest BCUT2D eigenvalue weighted by atomic mass is 10.0. The number of alkyl halides is 3. The SMILES string of the molecule is COC(=O)c1cc(Cl)cnc1-c1cccc(C(F)(F)F)c1. The van der Waals surface area contributed by atoms with Crippen LogP contribution in [0, 0.1) is 0 Å². The van der Waals surface area contributed by atoms with Gasteiger partial charge in [0.15, 0.2) is 0 Å². The highest BCUT2D eigenvalue weighted by molar-refractivity contribution is 6.30. The summed E-state index contributed by atoms with van der Waals surface area (Å²) in [6, 6.07) is 5.84. The molecule has 0 amide bonds. The van der Waals surface area contributed by atoms with E-state index < -0.39 is 17.7 Å². The predicted molar refractivity (Wildman–Crippen MR) is 71.0 cm³/mol. The first-order valence-electron chi connectivity index (χ1n) is 5.74. The van der Waals surface area contributed by atoms with Gasteiger partial charge in [0.25, 0.3) is 0 Å². The molecule has 0 radical (unpaired) electrons. The van der Waals surface area contributed by atoms with Gasteiger partial charge in [-0.3, -0.25) is 4.98 Å². The van der Waals surface area contributed by atoms with Gasteiger partial charge in [-0.25, -0.2) is 4.79 Å². The molecule has 0 bridgehead atoms. The van der Waals surface area contributed by atoms with Crippen molar-refractivity contribution >= 4 is 17.6 Å². The van der Waals surface area contributed by atoms with Crippen LogP contribution < -0.4 is 0 Å². The minimum atomic E-state index is -4.48. The second kappa shape index (κ2) is 5.73. The summed E-state index contributed by atoms with van der Waals surface area (Å²) in [6.45, 7) is 0. The smallest absolute Gasteiger partial charge is 0.416 e. The molecule has 0 unspecified atom stereocenters. The van der Waals surface area contributed by atoms with Gasteiger partial charge in [0.2, 0.25) is 0 Å². The first-order chi connectivity index (χ1) is 9.82. The van der Waals surface area contributed by atoms with Gasteiger partial charge >= 0.3 is 12.1 Å². The molecule has 0 spiro atoms. The number of aromatic nitrogens is 1. The van der Waals surface area contributed by atoms with Crippen molar-refractivity contribution in [2.75, 3.05) is 7.11 Å². The summed E-state index contributed by atoms with van der Waals surface area (Å²) >= 11 is 5.76. The Balaban J connectivity index is 2.59. The van der Waals surface area contributed by atoms with Gasteiger partial charge in [0, 0.05) is 11.8 Å². The zero-order chi connectivity index (χ0) is 15.6. The third-order valence-electron chi connectivity index (χ3n) is 2.72. The van der Waals surface area contributed by atoms with Crippen LogP contribution in [0.15, 0.2) is 36.5 Å². The number of pyridine rings is 1. The normalized spacial score (nSPS) is 11.3. The van der Waals surface area contributed by atoms with Crippen LogP contribution in [-0.4, -0.2) is 18.1 Å². The number of esters is 1. The maximum absolute atomic E-state index is 12.7. The zero-order valence-electron chi connectivity index (χ0n) is 10.7. The van der Waals surface area contributed by atoms with Crippen molar-refractivity contribution in [2.24, 2.45) is 0 Å². The minimum Gasteiger partial charge on any atom is -0.465 e. The molecule has 1 aromatic heterocycles. The lowest BCUT2D eigenvalue weighted by Crippen LogP contribution is -2.07. The Morgan fingerprint density at radius 3 is 2.62 bits per heavy atom. The topological polar surface area (TPSA) is 39.2 Å². The van der Waals surface area contributed by atoms with Gasteiger partial charge in [-0.1, -0.05) is 23.7 Å². The molecule has 1 aromatic carbocycles. The summed E-state index contributed by atoms with van der Waals surface area (Å²) in [4.78, 5) is 15.6. The molecule has 2 aromatic rings. The van der Waals surface area contributed by atoms with E-state index in [1.54, 1.807) is 0 Å². The molecule has 0 saturated carbocycles. The van der Waals surface area contributed by atoms with Crippen LogP contribution in [-0.2, 0) is 10.9 Å². The molecule has 0 saturated heterocycles. The van der Waals surface area contributed by atoms with Crippen LogP contribution in [0.5, 0.6) is 0 Å². The fourth-order valence-corrected chi connectivity index (χ4v) is 1.94. The lowest BCUT2D eigenvalue weighted by molar-refractivity contribution is -0.137. The van der Waals surface area contributed by atoms with Crippen LogP contribution in [0.25, 0.3) is 11.3 Å². The van der Waals surface area contributed by atoms with Crippen LogP contribution in [0.4, 0.5) is 13.2 Å². The van der Waals surface area contributed by atoms with E-state index in [9.17, 15) is 18.0 Å². The van der Waals surface area contributed by atoms with Crippen LogP contribution in [0.2, 0.25) is 5.02 Å². The molecule has 3 nitrogen and oxygen atoms in total. The summed E-state index contributed by atoms with van der Waals surface area (Å²) in [7, 11) is 1.17. The number of hydrogen-bond acceptors (Lipinski definition) is 3. The fourth-order valence-electron chi connectivity index (χ4n) is 1.78. The van der Waals surface area contributed by atoms with Crippen LogP contribution in [0.1, 0.15) is 15.9 Å². The Labute approximate surface area is 123 Å². The van der Waals surface area contributed by atoms with E-state index in [0.717, 1.165) is 12.1 Å². The lowest BCUT2D eigenvalue weighted by Gasteiger charge is -2.11. The summed E-state index contributed by atoms with van der Waals surface area (Å²) in [5.74, 6) is -0.725. The number of carbonyl (C=O) groups is 1. The Hall–Kier alpha value is -2.08. The van der Waals surface area contributed by atoms with Crippen LogP contribution in [0.3, 0.4) is 0 Å². The Kier molecular flexibility index (Phi) is 4.18. The summed E-state index contributed by atoms with van der Waals surface area (Å²) in [6.07, 6.45) is -3.22. The molecule has 0 fully saturated rings. The molecule has 1 heterocycles. The number of carbonyl (C=O) groups excluding carboxylic acids is 1. The maximum atomic E-state index is 12.7. The Morgan fingerprint density at radius 2 is 2.00 bits per heavy atom. The highest BCUT2D eigenvalue weighted by Crippen LogP contribution is 2.33. The Morgan fingerprint density at radius 1 is 1.29 bits per heavy atom. The molecule has 0 aliphatic rings. The molecule has 7 heteroatoms. The van der Waals surface area contributed by atoms with Crippen molar-refractivity contribution in [1.29, 1.82) is 0 Å². The average molecular weight is 316 g/mol. The van der Waals surface area contributed by atoms with E-state index in [-0.39, 0.29) is 21.8 Å². The number of halogens is 4. The van der Waals surface area contributed by atoms with E-state index in [0.29, 0.717) is 0 Å². The molecular weight excluding hydrogens is 307 g/mol. The average Bonchev–Trinajstić information content (AvgIpc) is 2.45. The van der Waals surface area contributed by atoms with E-state index in [1.165, 1.54) is 31.5 Å². The molecule has 0 atom stereocenters. The quantitative estimate of drug-likeness (QED) is 0.779. The number of ether oxygens (including phenoxy) is 1. The first kappa shape index (κ1) is 15.3. The minimum absolute atomic E-state index is 0.00400. The molecule has 0 aliphatic heterocycles. The molecule has 110 valence electrons. The van der Waals surface area contributed by atoms with Gasteiger partial charge in [-0.15, -0.1) is 0 Å². The predicted octanol–water partition coefficient (Wildman–Crippen LogP) is 4.21. The zero-order valence-corrected chi connectivity index (χ0v) is 11.5. The number of rotatable bonds is 2. The molecule has 0 aliphatic carbocycles. The number of nitrogens with zero attached hydrogens (tertiary/aromatic N) is 1. The van der Waals surface area contributed by atoms with Crippen molar-refractivity contribution in [2.45, 2.75) is 6.18 Å². The Bertz CT molecular complexity index is 686. The third kappa shape index (κ3) is 3.33. The van der Waals surface area contributed by atoms with Gasteiger partial charge in [-0.05, 0) is 18.2 Å². The first-order valence-corrected chi connectivity index (χ1v) is 6.12. The van der Waals surface area contributed by atoms with E-state index >= 15 is 0 Å². The van der Waals surface area contributed by atoms with Gasteiger partial charge in [0.05, 0.1) is 29.0 Å². The van der Waals surface area contributed by atoms with Crippen molar-refractivity contribution in [1.82, 2.24) is 4.98 Å². The summed E-state index contributed by atoms with van der Waals surface area (Å²) < 4.78 is 42.8. The van der Waals surface area contributed by atoms with Crippen molar-refractivity contribution in [3.8, 4) is 11.3 Å². The van der Waals surface area contributed by atoms with Gasteiger partial charge in [0.1, 0.15) is 0 Å². The standard InChI is InChI=1S/C14H9ClF3NO2/c1-21-13(20)11-6-10(15)7-19-12(11)8-3-2-4-9(5-8)14(16,17)18/h2-7H,1H3. The van der Waals surface area contributed by atoms with Crippen molar-refractivity contribution in [3.63, 3.8) is 0 Å². The molecule has 21 heavy (non-hydrogen) atoms. The number of benzene rings is 1.